The van der Waals surface area contributed by atoms with E-state index < -0.39 is 0 Å². The number of hydrogen-bond acceptors (Lipinski definition) is 2. The summed E-state index contributed by atoms with van der Waals surface area (Å²) in [5.41, 5.74) is 3.77. The summed E-state index contributed by atoms with van der Waals surface area (Å²) in [5, 5.41) is 3.35. The lowest BCUT2D eigenvalue weighted by Crippen LogP contribution is -2.17. The molecule has 112 valence electrons. The fourth-order valence-electron chi connectivity index (χ4n) is 2.40. The highest BCUT2D eigenvalue weighted by atomic mass is 19.1. The lowest BCUT2D eigenvalue weighted by Gasteiger charge is -2.16. The Hall–Kier alpha value is -1.87. The van der Waals surface area contributed by atoms with Crippen LogP contribution >= 0.6 is 0 Å². The Labute approximate surface area is 126 Å². The average Bonchev–Trinajstić information content (AvgIpc) is 2.48. The molecule has 3 heteroatoms. The van der Waals surface area contributed by atoms with Gasteiger partial charge in [-0.15, -0.1) is 0 Å². The van der Waals surface area contributed by atoms with Crippen LogP contribution in [0.5, 0.6) is 0 Å². The van der Waals surface area contributed by atoms with Crippen LogP contribution in [0.3, 0.4) is 0 Å². The van der Waals surface area contributed by atoms with Crippen molar-refractivity contribution in [1.29, 1.82) is 0 Å². The minimum atomic E-state index is -0.181. The van der Waals surface area contributed by atoms with E-state index in [1.54, 1.807) is 6.07 Å². The van der Waals surface area contributed by atoms with Crippen LogP contribution in [-0.4, -0.2) is 20.6 Å². The molecule has 0 aliphatic heterocycles. The molecule has 0 fully saturated rings. The van der Waals surface area contributed by atoms with Gasteiger partial charge in [-0.2, -0.15) is 0 Å². The summed E-state index contributed by atoms with van der Waals surface area (Å²) >= 11 is 0. The van der Waals surface area contributed by atoms with Crippen molar-refractivity contribution in [3.63, 3.8) is 0 Å². The molecule has 0 spiro atoms. The monoisotopic (exact) mass is 286 g/mol. The van der Waals surface area contributed by atoms with E-state index in [4.69, 9.17) is 0 Å². The molecule has 0 radical (unpaired) electrons. The molecule has 0 aromatic heterocycles. The van der Waals surface area contributed by atoms with Crippen LogP contribution < -0.4 is 10.2 Å². The van der Waals surface area contributed by atoms with E-state index in [9.17, 15) is 4.39 Å². The zero-order chi connectivity index (χ0) is 15.4. The van der Waals surface area contributed by atoms with Gasteiger partial charge in [0.05, 0.1) is 0 Å². The molecule has 1 atom stereocenters. The number of nitrogens with zero attached hydrogens (tertiary/aromatic N) is 1. The van der Waals surface area contributed by atoms with Crippen molar-refractivity contribution in [2.45, 2.75) is 19.9 Å². The van der Waals surface area contributed by atoms with Crippen LogP contribution in [0.4, 0.5) is 10.1 Å². The molecule has 0 saturated heterocycles. The maximum absolute atomic E-state index is 14.1. The van der Waals surface area contributed by atoms with Crippen molar-refractivity contribution < 1.29 is 4.39 Å². The molecule has 2 rings (SSSR count). The van der Waals surface area contributed by atoms with Gasteiger partial charge in [-0.25, -0.2) is 4.39 Å². The third-order valence-electron chi connectivity index (χ3n) is 3.70. The standard InChI is InChI=1S/C18H23FN2/c1-5-20-13(2)15-8-11-18(19)17(12-15)14-6-9-16(10-7-14)21(3)4/h6-13,20H,5H2,1-4H3. The van der Waals surface area contributed by atoms with Gasteiger partial charge in [-0.1, -0.05) is 25.1 Å². The number of hydrogen-bond donors (Lipinski definition) is 1. The third-order valence-corrected chi connectivity index (χ3v) is 3.70. The van der Waals surface area contributed by atoms with Crippen LogP contribution in [0.1, 0.15) is 25.5 Å². The minimum Gasteiger partial charge on any atom is -0.378 e. The summed E-state index contributed by atoms with van der Waals surface area (Å²) in [6.45, 7) is 5.06. The topological polar surface area (TPSA) is 15.3 Å². The summed E-state index contributed by atoms with van der Waals surface area (Å²) in [6.07, 6.45) is 0. The molecule has 0 aliphatic rings. The molecule has 1 unspecified atom stereocenters. The molecular formula is C18H23FN2. The predicted octanol–water partition coefficient (Wildman–Crippen LogP) is 4.23. The molecule has 0 bridgehead atoms. The molecule has 0 amide bonds. The normalized spacial score (nSPS) is 12.2. The summed E-state index contributed by atoms with van der Waals surface area (Å²) in [5.74, 6) is -0.181. The average molecular weight is 286 g/mol. The molecule has 2 nitrogen and oxygen atoms in total. The first-order valence-corrected chi connectivity index (χ1v) is 7.33. The minimum absolute atomic E-state index is 0.181. The second-order valence-electron chi connectivity index (χ2n) is 5.46. The molecule has 0 aliphatic carbocycles. The fourth-order valence-corrected chi connectivity index (χ4v) is 2.40. The van der Waals surface area contributed by atoms with Gasteiger partial charge in [0.15, 0.2) is 0 Å². The van der Waals surface area contributed by atoms with Crippen LogP contribution in [-0.2, 0) is 0 Å². The Balaban J connectivity index is 2.36. The van der Waals surface area contributed by atoms with E-state index in [-0.39, 0.29) is 11.9 Å². The number of halogens is 1. The first-order valence-electron chi connectivity index (χ1n) is 7.33. The lowest BCUT2D eigenvalue weighted by atomic mass is 9.99. The SMILES string of the molecule is CCNC(C)c1ccc(F)c(-c2ccc(N(C)C)cc2)c1. The van der Waals surface area contributed by atoms with Crippen molar-refractivity contribution in [1.82, 2.24) is 5.32 Å². The second kappa shape index (κ2) is 6.72. The zero-order valence-electron chi connectivity index (χ0n) is 13.2. The second-order valence-corrected chi connectivity index (χ2v) is 5.46. The largest absolute Gasteiger partial charge is 0.378 e. The maximum atomic E-state index is 14.1. The van der Waals surface area contributed by atoms with Crippen molar-refractivity contribution >= 4 is 5.69 Å². The van der Waals surface area contributed by atoms with Crippen LogP contribution in [0.15, 0.2) is 42.5 Å². The van der Waals surface area contributed by atoms with E-state index in [1.165, 1.54) is 0 Å². The highest BCUT2D eigenvalue weighted by Gasteiger charge is 2.10. The molecule has 2 aromatic rings. The molecule has 0 heterocycles. The van der Waals surface area contributed by atoms with E-state index in [0.717, 1.165) is 23.4 Å². The Bertz CT molecular complexity index is 591. The molecule has 21 heavy (non-hydrogen) atoms. The van der Waals surface area contributed by atoms with Gasteiger partial charge < -0.3 is 10.2 Å². The van der Waals surface area contributed by atoms with Gasteiger partial charge in [0, 0.05) is 31.4 Å². The van der Waals surface area contributed by atoms with Gasteiger partial charge in [0.25, 0.3) is 0 Å². The number of anilines is 1. The van der Waals surface area contributed by atoms with E-state index in [2.05, 4.69) is 19.2 Å². The first-order chi connectivity index (χ1) is 10.0. The third kappa shape index (κ3) is 3.61. The molecule has 1 N–H and O–H groups in total. The smallest absolute Gasteiger partial charge is 0.131 e. The van der Waals surface area contributed by atoms with Gasteiger partial charge in [0.1, 0.15) is 5.82 Å². The lowest BCUT2D eigenvalue weighted by molar-refractivity contribution is 0.593. The number of nitrogens with one attached hydrogen (secondary N) is 1. The predicted molar refractivity (Wildman–Crippen MR) is 88.3 cm³/mol. The van der Waals surface area contributed by atoms with E-state index >= 15 is 0 Å². The Morgan fingerprint density at radius 1 is 1.10 bits per heavy atom. The summed E-state index contributed by atoms with van der Waals surface area (Å²) in [7, 11) is 3.99. The van der Waals surface area contributed by atoms with Crippen LogP contribution in [0.25, 0.3) is 11.1 Å². The Kier molecular flexibility index (Phi) is 4.97. The maximum Gasteiger partial charge on any atom is 0.131 e. The fraction of sp³-hybridized carbons (Fsp3) is 0.333. The Morgan fingerprint density at radius 2 is 1.76 bits per heavy atom. The molecule has 2 aromatic carbocycles. The number of rotatable bonds is 5. The van der Waals surface area contributed by atoms with Crippen LogP contribution in [0, 0.1) is 5.82 Å². The van der Waals surface area contributed by atoms with Gasteiger partial charge in [0.2, 0.25) is 0 Å². The van der Waals surface area contributed by atoms with Crippen molar-refractivity contribution in [3.05, 3.63) is 53.8 Å². The zero-order valence-corrected chi connectivity index (χ0v) is 13.2. The van der Waals surface area contributed by atoms with E-state index in [1.807, 2.05) is 55.4 Å². The summed E-state index contributed by atoms with van der Waals surface area (Å²) < 4.78 is 14.1. The molecular weight excluding hydrogens is 263 g/mol. The Morgan fingerprint density at radius 3 is 2.33 bits per heavy atom. The summed E-state index contributed by atoms with van der Waals surface area (Å²) in [4.78, 5) is 2.03. The van der Waals surface area contributed by atoms with Gasteiger partial charge in [-0.05, 0) is 48.9 Å². The van der Waals surface area contributed by atoms with Gasteiger partial charge in [-0.3, -0.25) is 0 Å². The van der Waals surface area contributed by atoms with Crippen molar-refractivity contribution in [2.24, 2.45) is 0 Å². The highest BCUT2D eigenvalue weighted by molar-refractivity contribution is 5.67. The number of benzene rings is 2. The highest BCUT2D eigenvalue weighted by Crippen LogP contribution is 2.27. The van der Waals surface area contributed by atoms with Crippen molar-refractivity contribution in [2.75, 3.05) is 25.5 Å². The van der Waals surface area contributed by atoms with Crippen LogP contribution in [0.2, 0.25) is 0 Å². The van der Waals surface area contributed by atoms with Crippen molar-refractivity contribution in [3.8, 4) is 11.1 Å². The van der Waals surface area contributed by atoms with E-state index in [0.29, 0.717) is 5.56 Å². The summed E-state index contributed by atoms with van der Waals surface area (Å²) in [6, 6.07) is 13.5. The quantitative estimate of drug-likeness (QED) is 0.885. The van der Waals surface area contributed by atoms with Gasteiger partial charge >= 0.3 is 0 Å². The first kappa shape index (κ1) is 15.5. The molecule has 0 saturated carbocycles.